The summed E-state index contributed by atoms with van der Waals surface area (Å²) >= 11 is 0. The van der Waals surface area contributed by atoms with Crippen LogP contribution >= 0.6 is 0 Å². The maximum atomic E-state index is 13.8. The molecule has 0 aromatic carbocycles. The van der Waals surface area contributed by atoms with Gasteiger partial charge in [0, 0.05) is 0 Å². The van der Waals surface area contributed by atoms with E-state index >= 15 is 0 Å². The van der Waals surface area contributed by atoms with Crippen LogP contribution in [0.4, 0.5) is 52.7 Å². The fourth-order valence-corrected chi connectivity index (χ4v) is 1.64. The van der Waals surface area contributed by atoms with Crippen molar-refractivity contribution in [3.8, 4) is 0 Å². The minimum Gasteiger partial charge on any atom is -0.478 e. The molecule has 2 atom stereocenters. The Bertz CT molecular complexity index is 554. The zero-order valence-corrected chi connectivity index (χ0v) is 11.4. The maximum Gasteiger partial charge on any atom is 0.432 e. The Hall–Kier alpha value is -2.16. The SMILES string of the molecule is O=C(O)/C(=C(/C(=O)O)C(F)(C(F)F)C(F)(F)F)C(F)(C(F)F)C(F)(F)F. The van der Waals surface area contributed by atoms with E-state index in [9.17, 15) is 62.3 Å². The molecule has 0 radical (unpaired) electrons. The van der Waals surface area contributed by atoms with Gasteiger partial charge in [-0.05, 0) is 0 Å². The second-order valence-electron chi connectivity index (χ2n) is 4.38. The van der Waals surface area contributed by atoms with Gasteiger partial charge in [0.2, 0.25) is 0 Å². The molecule has 0 amide bonds. The summed E-state index contributed by atoms with van der Waals surface area (Å²) in [5, 5.41) is 16.8. The van der Waals surface area contributed by atoms with E-state index in [1.165, 1.54) is 0 Å². The number of carboxylic acid groups (broad SMARTS) is 2. The van der Waals surface area contributed by atoms with E-state index in [2.05, 4.69) is 0 Å². The van der Waals surface area contributed by atoms with Gasteiger partial charge in [-0.1, -0.05) is 0 Å². The normalized spacial score (nSPS) is 19.0. The number of hydrogen-bond donors (Lipinski definition) is 2. The lowest BCUT2D eigenvalue weighted by atomic mass is 9.82. The van der Waals surface area contributed by atoms with E-state index in [-0.39, 0.29) is 0 Å². The van der Waals surface area contributed by atoms with Crippen molar-refractivity contribution in [3.05, 3.63) is 11.1 Å². The van der Waals surface area contributed by atoms with Crippen molar-refractivity contribution in [2.45, 2.75) is 36.5 Å². The van der Waals surface area contributed by atoms with Crippen LogP contribution in [0.3, 0.4) is 0 Å². The predicted molar refractivity (Wildman–Crippen MR) is 54.1 cm³/mol. The van der Waals surface area contributed by atoms with E-state index in [0.717, 1.165) is 0 Å². The second kappa shape index (κ2) is 6.86. The van der Waals surface area contributed by atoms with Gasteiger partial charge in [-0.25, -0.2) is 35.9 Å². The first-order valence-electron chi connectivity index (χ1n) is 5.57. The smallest absolute Gasteiger partial charge is 0.432 e. The Morgan fingerprint density at radius 3 is 0.846 bits per heavy atom. The highest BCUT2D eigenvalue weighted by Gasteiger charge is 2.74. The fourth-order valence-electron chi connectivity index (χ4n) is 1.64. The van der Waals surface area contributed by atoms with Gasteiger partial charge in [-0.3, -0.25) is 0 Å². The summed E-state index contributed by atoms with van der Waals surface area (Å²) in [5.74, 6) is -7.57. The second-order valence-corrected chi connectivity index (χ2v) is 4.38. The van der Waals surface area contributed by atoms with E-state index < -0.39 is 59.6 Å². The van der Waals surface area contributed by atoms with Gasteiger partial charge >= 0.3 is 24.3 Å². The lowest BCUT2D eigenvalue weighted by Gasteiger charge is -2.33. The van der Waals surface area contributed by atoms with Crippen molar-refractivity contribution in [2.75, 3.05) is 0 Å². The molecule has 0 spiro atoms. The predicted octanol–water partition coefficient (Wildman–Crippen LogP) is 3.52. The average Bonchev–Trinajstić information content (AvgIpc) is 2.38. The average molecular weight is 416 g/mol. The molecule has 0 aliphatic rings. The quantitative estimate of drug-likeness (QED) is 0.514. The Balaban J connectivity index is 7.58. The molecule has 16 heteroatoms. The standard InChI is InChI=1S/C10H4F12O4/c11-5(12)7(15,9(17,18)19)1(3(23)24)2(4(25)26)8(16,6(13)14)10(20,21)22/h5-6H,(H,23,24)(H,25,26)/b2-1+. The molecule has 0 aliphatic heterocycles. The molecule has 0 aliphatic carbocycles. The Kier molecular flexibility index (Phi) is 6.29. The minimum absolute atomic E-state index is 3.78. The van der Waals surface area contributed by atoms with Crippen LogP contribution in [0.15, 0.2) is 11.1 Å². The van der Waals surface area contributed by atoms with Crippen LogP contribution in [0.2, 0.25) is 0 Å². The monoisotopic (exact) mass is 416 g/mol. The van der Waals surface area contributed by atoms with Gasteiger partial charge in [-0.2, -0.15) is 26.3 Å². The summed E-state index contributed by atoms with van der Waals surface area (Å²) in [6.07, 6.45) is -25.5. The first kappa shape index (κ1) is 23.8. The largest absolute Gasteiger partial charge is 0.478 e. The van der Waals surface area contributed by atoms with E-state index in [4.69, 9.17) is 10.2 Å². The molecule has 26 heavy (non-hydrogen) atoms. The Morgan fingerprint density at radius 2 is 0.769 bits per heavy atom. The van der Waals surface area contributed by atoms with E-state index in [1.54, 1.807) is 0 Å². The highest BCUT2D eigenvalue weighted by atomic mass is 19.4. The van der Waals surface area contributed by atoms with Crippen LogP contribution < -0.4 is 0 Å². The highest BCUT2D eigenvalue weighted by Crippen LogP contribution is 2.51. The number of rotatable bonds is 6. The zero-order chi connectivity index (χ0) is 21.5. The molecule has 2 N–H and O–H groups in total. The van der Waals surface area contributed by atoms with Crippen LogP contribution in [-0.2, 0) is 9.59 Å². The fraction of sp³-hybridized carbons (Fsp3) is 0.600. The van der Waals surface area contributed by atoms with Crippen molar-refractivity contribution in [3.63, 3.8) is 0 Å². The molecule has 0 heterocycles. The van der Waals surface area contributed by atoms with E-state index in [1.807, 2.05) is 0 Å². The van der Waals surface area contributed by atoms with Crippen LogP contribution in [0.1, 0.15) is 0 Å². The number of halogens is 12. The number of aliphatic carboxylic acids is 2. The van der Waals surface area contributed by atoms with Gasteiger partial charge in [-0.15, -0.1) is 0 Å². The van der Waals surface area contributed by atoms with Gasteiger partial charge < -0.3 is 10.2 Å². The lowest BCUT2D eigenvalue weighted by molar-refractivity contribution is -0.262. The van der Waals surface area contributed by atoms with Crippen LogP contribution in [-0.4, -0.2) is 58.7 Å². The molecule has 0 aromatic rings. The van der Waals surface area contributed by atoms with Crippen molar-refractivity contribution < 1.29 is 72.5 Å². The van der Waals surface area contributed by atoms with Gasteiger partial charge in [0.1, 0.15) is 11.1 Å². The first-order chi connectivity index (χ1) is 11.3. The summed E-state index contributed by atoms with van der Waals surface area (Å²) in [6, 6.07) is 0. The molecular formula is C10H4F12O4. The maximum absolute atomic E-state index is 13.8. The lowest BCUT2D eigenvalue weighted by Crippen LogP contribution is -2.57. The Morgan fingerprint density at radius 1 is 0.577 bits per heavy atom. The summed E-state index contributed by atoms with van der Waals surface area (Å²) < 4.78 is 153. The summed E-state index contributed by atoms with van der Waals surface area (Å²) in [5.41, 5.74) is -21.6. The zero-order valence-electron chi connectivity index (χ0n) is 11.4. The molecular weight excluding hydrogens is 412 g/mol. The van der Waals surface area contributed by atoms with Crippen molar-refractivity contribution in [1.29, 1.82) is 0 Å². The molecule has 2 unspecified atom stereocenters. The first-order valence-corrected chi connectivity index (χ1v) is 5.57. The highest BCUT2D eigenvalue weighted by molar-refractivity contribution is 6.02. The molecule has 0 saturated heterocycles. The van der Waals surface area contributed by atoms with Crippen LogP contribution in [0, 0.1) is 0 Å². The van der Waals surface area contributed by atoms with Crippen molar-refractivity contribution in [2.24, 2.45) is 0 Å². The summed E-state index contributed by atoms with van der Waals surface area (Å²) in [6.45, 7) is 0. The molecule has 152 valence electrons. The number of alkyl halides is 12. The van der Waals surface area contributed by atoms with Crippen molar-refractivity contribution >= 4 is 11.9 Å². The third-order valence-electron chi connectivity index (χ3n) is 2.83. The summed E-state index contributed by atoms with van der Waals surface area (Å²) in [4.78, 5) is 21.3. The van der Waals surface area contributed by atoms with Crippen molar-refractivity contribution in [1.82, 2.24) is 0 Å². The molecule has 0 fully saturated rings. The van der Waals surface area contributed by atoms with Gasteiger partial charge in [0.15, 0.2) is 0 Å². The number of carboxylic acids is 2. The van der Waals surface area contributed by atoms with Gasteiger partial charge in [0.05, 0.1) is 0 Å². The minimum atomic E-state index is -7.12. The Labute approximate surface area is 133 Å². The van der Waals surface area contributed by atoms with Crippen LogP contribution in [0.5, 0.6) is 0 Å². The van der Waals surface area contributed by atoms with Gasteiger partial charge in [0.25, 0.3) is 24.2 Å². The molecule has 0 rings (SSSR count). The molecule has 0 bridgehead atoms. The topological polar surface area (TPSA) is 74.6 Å². The number of carbonyl (C=O) groups is 2. The number of hydrogen-bond acceptors (Lipinski definition) is 2. The van der Waals surface area contributed by atoms with Crippen LogP contribution in [0.25, 0.3) is 0 Å². The summed E-state index contributed by atoms with van der Waals surface area (Å²) in [7, 11) is 0. The van der Waals surface area contributed by atoms with E-state index in [0.29, 0.717) is 0 Å². The third-order valence-corrected chi connectivity index (χ3v) is 2.83. The molecule has 0 saturated carbocycles. The molecule has 0 aromatic heterocycles. The third kappa shape index (κ3) is 3.53. The molecule has 4 nitrogen and oxygen atoms in total.